The monoisotopic (exact) mass is 316 g/mol. The van der Waals surface area contributed by atoms with Gasteiger partial charge in [0.1, 0.15) is 0 Å². The van der Waals surface area contributed by atoms with Crippen molar-refractivity contribution in [2.24, 2.45) is 0 Å². The van der Waals surface area contributed by atoms with Gasteiger partial charge in [-0.25, -0.2) is 0 Å². The van der Waals surface area contributed by atoms with Crippen LogP contribution in [0.3, 0.4) is 0 Å². The lowest BCUT2D eigenvalue weighted by atomic mass is 10.1. The van der Waals surface area contributed by atoms with Crippen LogP contribution < -0.4 is 9.47 Å². The third-order valence-corrected chi connectivity index (χ3v) is 3.30. The van der Waals surface area contributed by atoms with Crippen molar-refractivity contribution in [2.75, 3.05) is 13.7 Å². The van der Waals surface area contributed by atoms with Crippen LogP contribution in [0.15, 0.2) is 48.5 Å². The Labute approximate surface area is 135 Å². The van der Waals surface area contributed by atoms with Gasteiger partial charge in [0.15, 0.2) is 17.3 Å². The number of allylic oxidation sites excluding steroid dienone is 1. The highest BCUT2D eigenvalue weighted by atomic mass is 35.5. The molecule has 2 rings (SSSR count). The molecule has 0 aliphatic rings. The number of carbonyl (C=O) groups excluding carboxylic acids is 1. The number of methoxy groups -OCH3 is 1. The predicted octanol–water partition coefficient (Wildman–Crippen LogP) is 4.64. The number of benzene rings is 2. The molecule has 0 heterocycles. The van der Waals surface area contributed by atoms with Gasteiger partial charge in [0.2, 0.25) is 0 Å². The Kier molecular flexibility index (Phi) is 5.61. The van der Waals surface area contributed by atoms with E-state index in [0.717, 1.165) is 5.56 Å². The van der Waals surface area contributed by atoms with E-state index in [4.69, 9.17) is 21.1 Å². The van der Waals surface area contributed by atoms with E-state index in [9.17, 15) is 4.79 Å². The summed E-state index contributed by atoms with van der Waals surface area (Å²) in [6.07, 6.45) is 3.27. The van der Waals surface area contributed by atoms with Crippen LogP contribution in [0, 0.1) is 0 Å². The third-order valence-electron chi connectivity index (χ3n) is 3.04. The molecule has 0 unspecified atom stereocenters. The van der Waals surface area contributed by atoms with Crippen molar-refractivity contribution in [2.45, 2.75) is 6.92 Å². The van der Waals surface area contributed by atoms with Gasteiger partial charge in [0.05, 0.1) is 13.7 Å². The molecule has 2 aromatic rings. The maximum atomic E-state index is 12.1. The van der Waals surface area contributed by atoms with Crippen molar-refractivity contribution in [1.82, 2.24) is 0 Å². The molecule has 0 fully saturated rings. The Hall–Kier alpha value is -2.26. The van der Waals surface area contributed by atoms with Gasteiger partial charge in [-0.1, -0.05) is 23.7 Å². The molecule has 22 heavy (non-hydrogen) atoms. The van der Waals surface area contributed by atoms with Crippen molar-refractivity contribution in [3.8, 4) is 11.5 Å². The zero-order valence-electron chi connectivity index (χ0n) is 12.5. The van der Waals surface area contributed by atoms with Crippen LogP contribution in [-0.4, -0.2) is 19.5 Å². The average Bonchev–Trinajstić information content (AvgIpc) is 2.54. The summed E-state index contributed by atoms with van der Waals surface area (Å²) in [4.78, 5) is 12.1. The van der Waals surface area contributed by atoms with Gasteiger partial charge in [-0.2, -0.15) is 0 Å². The molecule has 114 valence electrons. The first-order valence-corrected chi connectivity index (χ1v) is 7.30. The summed E-state index contributed by atoms with van der Waals surface area (Å²) in [6.45, 7) is 2.48. The van der Waals surface area contributed by atoms with E-state index in [0.29, 0.717) is 28.7 Å². The molecule has 0 bridgehead atoms. The maximum Gasteiger partial charge on any atom is 0.185 e. The number of rotatable bonds is 6. The predicted molar refractivity (Wildman–Crippen MR) is 89.0 cm³/mol. The molecule has 0 amide bonds. The van der Waals surface area contributed by atoms with E-state index < -0.39 is 0 Å². The molecule has 0 aliphatic carbocycles. The zero-order valence-corrected chi connectivity index (χ0v) is 13.3. The summed E-state index contributed by atoms with van der Waals surface area (Å²) in [5, 5.41) is 0.608. The lowest BCUT2D eigenvalue weighted by molar-refractivity contribution is 0.104. The molecule has 0 radical (unpaired) electrons. The highest BCUT2D eigenvalue weighted by Crippen LogP contribution is 2.28. The van der Waals surface area contributed by atoms with Crippen molar-refractivity contribution in [1.29, 1.82) is 0 Å². The molecular formula is C18H17ClO3. The van der Waals surface area contributed by atoms with E-state index in [-0.39, 0.29) is 5.78 Å². The van der Waals surface area contributed by atoms with E-state index >= 15 is 0 Å². The Morgan fingerprint density at radius 3 is 2.50 bits per heavy atom. The molecule has 4 heteroatoms. The molecule has 2 aromatic carbocycles. The summed E-state index contributed by atoms with van der Waals surface area (Å²) >= 11 is 5.81. The molecule has 0 spiro atoms. The minimum atomic E-state index is -0.0791. The minimum Gasteiger partial charge on any atom is -0.493 e. The molecular weight excluding hydrogens is 300 g/mol. The number of ether oxygens (including phenoxy) is 2. The van der Waals surface area contributed by atoms with Gasteiger partial charge >= 0.3 is 0 Å². The molecule has 0 aromatic heterocycles. The van der Waals surface area contributed by atoms with Gasteiger partial charge in [-0.3, -0.25) is 4.79 Å². The second-order valence-electron chi connectivity index (χ2n) is 4.55. The second kappa shape index (κ2) is 7.66. The van der Waals surface area contributed by atoms with Gasteiger partial charge in [0, 0.05) is 10.6 Å². The summed E-state index contributed by atoms with van der Waals surface area (Å²) in [6, 6.07) is 12.3. The number of ketones is 1. The quantitative estimate of drug-likeness (QED) is 0.575. The topological polar surface area (TPSA) is 35.5 Å². The first kappa shape index (κ1) is 16.1. The van der Waals surface area contributed by atoms with Crippen molar-refractivity contribution < 1.29 is 14.3 Å². The van der Waals surface area contributed by atoms with Crippen LogP contribution in [-0.2, 0) is 0 Å². The van der Waals surface area contributed by atoms with E-state index in [1.165, 1.54) is 6.08 Å². The van der Waals surface area contributed by atoms with Crippen LogP contribution >= 0.6 is 11.6 Å². The van der Waals surface area contributed by atoms with Crippen molar-refractivity contribution in [3.05, 3.63) is 64.7 Å². The van der Waals surface area contributed by atoms with Crippen molar-refractivity contribution in [3.63, 3.8) is 0 Å². The van der Waals surface area contributed by atoms with Gasteiger partial charge in [-0.15, -0.1) is 0 Å². The van der Waals surface area contributed by atoms with Crippen LogP contribution in [0.25, 0.3) is 6.08 Å². The molecule has 0 saturated carbocycles. The number of halogens is 1. The number of hydrogen-bond donors (Lipinski definition) is 0. The Morgan fingerprint density at radius 2 is 1.86 bits per heavy atom. The fourth-order valence-corrected chi connectivity index (χ4v) is 2.07. The van der Waals surface area contributed by atoms with E-state index in [1.807, 2.05) is 25.1 Å². The largest absolute Gasteiger partial charge is 0.493 e. The van der Waals surface area contributed by atoms with Crippen LogP contribution in [0.2, 0.25) is 5.02 Å². The minimum absolute atomic E-state index is 0.0791. The van der Waals surface area contributed by atoms with E-state index in [2.05, 4.69) is 0 Å². The highest BCUT2D eigenvalue weighted by molar-refractivity contribution is 6.30. The first-order chi connectivity index (χ1) is 10.6. The van der Waals surface area contributed by atoms with Gasteiger partial charge < -0.3 is 9.47 Å². The summed E-state index contributed by atoms with van der Waals surface area (Å²) in [7, 11) is 1.59. The lowest BCUT2D eigenvalue weighted by Gasteiger charge is -2.09. The van der Waals surface area contributed by atoms with Crippen LogP contribution in [0.5, 0.6) is 11.5 Å². The van der Waals surface area contributed by atoms with E-state index in [1.54, 1.807) is 37.5 Å². The first-order valence-electron chi connectivity index (χ1n) is 6.93. The van der Waals surface area contributed by atoms with Gasteiger partial charge in [0.25, 0.3) is 0 Å². The molecule has 0 aliphatic heterocycles. The second-order valence-corrected chi connectivity index (χ2v) is 4.98. The fourth-order valence-electron chi connectivity index (χ4n) is 1.94. The normalized spacial score (nSPS) is 10.7. The molecule has 0 atom stereocenters. The molecule has 0 N–H and O–H groups in total. The maximum absolute atomic E-state index is 12.1. The van der Waals surface area contributed by atoms with Crippen molar-refractivity contribution >= 4 is 23.5 Å². The van der Waals surface area contributed by atoms with Crippen LogP contribution in [0.4, 0.5) is 0 Å². The molecule has 3 nitrogen and oxygen atoms in total. The summed E-state index contributed by atoms with van der Waals surface area (Å²) in [5.74, 6) is 1.25. The van der Waals surface area contributed by atoms with Crippen LogP contribution in [0.1, 0.15) is 22.8 Å². The Morgan fingerprint density at radius 1 is 1.14 bits per heavy atom. The smallest absolute Gasteiger partial charge is 0.185 e. The fraction of sp³-hybridized carbons (Fsp3) is 0.167. The van der Waals surface area contributed by atoms with Gasteiger partial charge in [-0.05, 0) is 55.0 Å². The standard InChI is InChI=1S/C18H17ClO3/c1-3-22-17-11-5-13(12-18(17)21-2)4-10-16(20)14-6-8-15(19)9-7-14/h4-12H,3H2,1-2H3/b10-4-. The Bertz CT molecular complexity index is 675. The highest BCUT2D eigenvalue weighted by Gasteiger charge is 2.05. The summed E-state index contributed by atoms with van der Waals surface area (Å²) < 4.78 is 10.7. The molecule has 0 saturated heterocycles. The SMILES string of the molecule is CCOc1ccc(/C=C\C(=O)c2ccc(Cl)cc2)cc1OC. The number of hydrogen-bond acceptors (Lipinski definition) is 3. The zero-order chi connectivity index (χ0) is 15.9. The number of carbonyl (C=O) groups is 1. The summed E-state index contributed by atoms with van der Waals surface area (Å²) in [5.41, 5.74) is 1.46. The average molecular weight is 317 g/mol. The Balaban J connectivity index is 2.15. The lowest BCUT2D eigenvalue weighted by Crippen LogP contribution is -1.96. The third kappa shape index (κ3) is 4.12.